The predicted octanol–water partition coefficient (Wildman–Crippen LogP) is 3.97. The van der Waals surface area contributed by atoms with Crippen LogP contribution in [0.1, 0.15) is 47.7 Å². The number of nitrogens with zero attached hydrogens (tertiary/aromatic N) is 2. The fraction of sp³-hybridized carbons (Fsp3) is 0.423. The van der Waals surface area contributed by atoms with Gasteiger partial charge in [0, 0.05) is 30.4 Å². The van der Waals surface area contributed by atoms with Gasteiger partial charge in [-0.05, 0) is 69.0 Å². The minimum Gasteiger partial charge on any atom is -0.339 e. The van der Waals surface area contributed by atoms with Gasteiger partial charge in [0.05, 0.1) is 6.54 Å². The molecule has 0 saturated carbocycles. The summed E-state index contributed by atoms with van der Waals surface area (Å²) in [6, 6.07) is 14.7. The van der Waals surface area contributed by atoms with Gasteiger partial charge in [0.25, 0.3) is 5.91 Å². The van der Waals surface area contributed by atoms with Crippen LogP contribution in [0.5, 0.6) is 0 Å². The van der Waals surface area contributed by atoms with Gasteiger partial charge in [-0.3, -0.25) is 19.8 Å². The van der Waals surface area contributed by atoms with Gasteiger partial charge in [0.15, 0.2) is 0 Å². The van der Waals surface area contributed by atoms with E-state index in [0.29, 0.717) is 24.3 Å². The summed E-state index contributed by atoms with van der Waals surface area (Å²) in [5.74, 6) is -0.272. The van der Waals surface area contributed by atoms with Crippen molar-refractivity contribution in [3.8, 4) is 0 Å². The normalized spacial score (nSPS) is 14.2. The maximum absolute atomic E-state index is 12.7. The molecule has 176 valence electrons. The van der Waals surface area contributed by atoms with Crippen LogP contribution in [0.25, 0.3) is 0 Å². The molecule has 2 N–H and O–H groups in total. The average molecular weight is 451 g/mol. The van der Waals surface area contributed by atoms with Crippen LogP contribution < -0.4 is 10.6 Å². The number of hydrogen-bond donors (Lipinski definition) is 2. The van der Waals surface area contributed by atoms with Crippen LogP contribution in [0.3, 0.4) is 0 Å². The molecular formula is C26H34N4O3. The Labute approximate surface area is 196 Å². The van der Waals surface area contributed by atoms with Gasteiger partial charge >= 0.3 is 6.03 Å². The number of carbonyl (C=O) groups excluding carboxylic acids is 3. The number of nitrogens with one attached hydrogen (secondary N) is 2. The lowest BCUT2D eigenvalue weighted by Gasteiger charge is -2.38. The summed E-state index contributed by atoms with van der Waals surface area (Å²) < 4.78 is 0. The Bertz CT molecular complexity index is 969. The molecule has 0 aromatic heterocycles. The highest BCUT2D eigenvalue weighted by atomic mass is 16.2. The molecule has 7 nitrogen and oxygen atoms in total. The van der Waals surface area contributed by atoms with E-state index >= 15 is 0 Å². The Hall–Kier alpha value is -3.19. The maximum Gasteiger partial charge on any atom is 0.325 e. The summed E-state index contributed by atoms with van der Waals surface area (Å²) in [5.41, 5.74) is 3.45. The predicted molar refractivity (Wildman–Crippen MR) is 130 cm³/mol. The van der Waals surface area contributed by atoms with Crippen molar-refractivity contribution in [1.29, 1.82) is 0 Å². The second kappa shape index (κ2) is 11.6. The second-order valence-corrected chi connectivity index (χ2v) is 8.61. The Morgan fingerprint density at radius 2 is 1.70 bits per heavy atom. The maximum atomic E-state index is 12.7. The standard InChI is InChI=1S/C26H34N4O3/c1-4-15-30(18-24(31)28-26(33)27-23-12-8-9-19(2)20(23)3)22-13-16-29(17-14-22)25(32)21-10-6-5-7-11-21/h5-12,22H,4,13-18H2,1-3H3,(H2,27,28,31,33). The largest absolute Gasteiger partial charge is 0.339 e. The number of imide groups is 1. The lowest BCUT2D eigenvalue weighted by molar-refractivity contribution is -0.121. The smallest absolute Gasteiger partial charge is 0.325 e. The number of aryl methyl sites for hydroxylation is 1. The first-order chi connectivity index (χ1) is 15.9. The van der Waals surface area contributed by atoms with Crippen molar-refractivity contribution in [2.24, 2.45) is 0 Å². The van der Waals surface area contributed by atoms with Crippen LogP contribution in [0.4, 0.5) is 10.5 Å². The molecule has 1 aliphatic rings. The molecule has 1 fully saturated rings. The number of benzene rings is 2. The Morgan fingerprint density at radius 1 is 1.00 bits per heavy atom. The molecule has 3 rings (SSSR count). The van der Waals surface area contributed by atoms with Crippen molar-refractivity contribution >= 4 is 23.5 Å². The van der Waals surface area contributed by atoms with Crippen molar-refractivity contribution in [3.05, 3.63) is 65.2 Å². The number of hydrogen-bond acceptors (Lipinski definition) is 4. The van der Waals surface area contributed by atoms with Gasteiger partial charge < -0.3 is 10.2 Å². The molecule has 0 spiro atoms. The first-order valence-electron chi connectivity index (χ1n) is 11.6. The third kappa shape index (κ3) is 6.65. The van der Waals surface area contributed by atoms with Crippen LogP contribution >= 0.6 is 0 Å². The Morgan fingerprint density at radius 3 is 2.36 bits per heavy atom. The number of anilines is 1. The van der Waals surface area contributed by atoms with Gasteiger partial charge in [-0.1, -0.05) is 37.3 Å². The zero-order valence-corrected chi connectivity index (χ0v) is 19.8. The minimum atomic E-state index is -0.520. The SMILES string of the molecule is CCCN(CC(=O)NC(=O)Nc1cccc(C)c1C)C1CCN(C(=O)c2ccccc2)CC1. The molecule has 0 unspecified atom stereocenters. The highest BCUT2D eigenvalue weighted by Gasteiger charge is 2.28. The number of rotatable bonds is 7. The molecule has 1 saturated heterocycles. The highest BCUT2D eigenvalue weighted by Crippen LogP contribution is 2.20. The monoisotopic (exact) mass is 450 g/mol. The van der Waals surface area contributed by atoms with E-state index in [-0.39, 0.29) is 24.4 Å². The number of carbonyl (C=O) groups is 3. The second-order valence-electron chi connectivity index (χ2n) is 8.61. The zero-order valence-electron chi connectivity index (χ0n) is 19.8. The summed E-state index contributed by atoms with van der Waals surface area (Å²) in [6.45, 7) is 8.23. The van der Waals surface area contributed by atoms with Crippen LogP contribution in [-0.4, -0.2) is 59.9 Å². The Balaban J connectivity index is 1.51. The zero-order chi connectivity index (χ0) is 23.8. The summed E-state index contributed by atoms with van der Waals surface area (Å²) >= 11 is 0. The first kappa shape index (κ1) is 24.5. The van der Waals surface area contributed by atoms with E-state index in [9.17, 15) is 14.4 Å². The molecule has 0 radical (unpaired) electrons. The molecular weight excluding hydrogens is 416 g/mol. The van der Waals surface area contributed by atoms with Crippen molar-refractivity contribution in [2.45, 2.75) is 46.1 Å². The van der Waals surface area contributed by atoms with Crippen molar-refractivity contribution < 1.29 is 14.4 Å². The molecule has 0 bridgehead atoms. The van der Waals surface area contributed by atoms with Gasteiger partial charge in [0.2, 0.25) is 5.91 Å². The quantitative estimate of drug-likeness (QED) is 0.669. The molecule has 1 heterocycles. The average Bonchev–Trinajstić information content (AvgIpc) is 2.82. The summed E-state index contributed by atoms with van der Waals surface area (Å²) in [4.78, 5) is 41.7. The number of amides is 4. The number of piperidine rings is 1. The van der Waals surface area contributed by atoms with Crippen molar-refractivity contribution in [2.75, 3.05) is 31.5 Å². The van der Waals surface area contributed by atoms with Crippen LogP contribution in [0.2, 0.25) is 0 Å². The minimum absolute atomic E-state index is 0.0527. The van der Waals surface area contributed by atoms with E-state index in [1.807, 2.05) is 67.3 Å². The summed E-state index contributed by atoms with van der Waals surface area (Å²) in [5, 5.41) is 5.22. The Kier molecular flexibility index (Phi) is 8.60. The fourth-order valence-corrected chi connectivity index (χ4v) is 4.27. The topological polar surface area (TPSA) is 81.8 Å². The van der Waals surface area contributed by atoms with Crippen LogP contribution in [0, 0.1) is 13.8 Å². The third-order valence-electron chi connectivity index (χ3n) is 6.25. The van der Waals surface area contributed by atoms with E-state index in [1.54, 1.807) is 0 Å². The van der Waals surface area contributed by atoms with Gasteiger partial charge in [-0.25, -0.2) is 4.79 Å². The molecule has 33 heavy (non-hydrogen) atoms. The third-order valence-corrected chi connectivity index (χ3v) is 6.25. The van der Waals surface area contributed by atoms with E-state index in [0.717, 1.165) is 36.9 Å². The van der Waals surface area contributed by atoms with E-state index in [1.165, 1.54) is 0 Å². The molecule has 2 aromatic rings. The molecule has 0 aliphatic carbocycles. The molecule has 4 amide bonds. The molecule has 1 aliphatic heterocycles. The number of likely N-dealkylation sites (tertiary alicyclic amines) is 1. The fourth-order valence-electron chi connectivity index (χ4n) is 4.27. The van der Waals surface area contributed by atoms with E-state index < -0.39 is 6.03 Å². The molecule has 2 aromatic carbocycles. The highest BCUT2D eigenvalue weighted by molar-refractivity contribution is 6.02. The van der Waals surface area contributed by atoms with Gasteiger partial charge in [0.1, 0.15) is 0 Å². The van der Waals surface area contributed by atoms with Crippen LogP contribution in [0.15, 0.2) is 48.5 Å². The van der Waals surface area contributed by atoms with Crippen LogP contribution in [-0.2, 0) is 4.79 Å². The first-order valence-corrected chi connectivity index (χ1v) is 11.6. The van der Waals surface area contributed by atoms with Crippen molar-refractivity contribution in [3.63, 3.8) is 0 Å². The molecule has 0 atom stereocenters. The van der Waals surface area contributed by atoms with Crippen molar-refractivity contribution in [1.82, 2.24) is 15.1 Å². The lowest BCUT2D eigenvalue weighted by atomic mass is 10.0. The summed E-state index contributed by atoms with van der Waals surface area (Å²) in [7, 11) is 0. The van der Waals surface area contributed by atoms with Gasteiger partial charge in [-0.2, -0.15) is 0 Å². The van der Waals surface area contributed by atoms with Gasteiger partial charge in [-0.15, -0.1) is 0 Å². The van der Waals surface area contributed by atoms with E-state index in [2.05, 4.69) is 22.5 Å². The summed E-state index contributed by atoms with van der Waals surface area (Å²) in [6.07, 6.45) is 2.52. The van der Waals surface area contributed by atoms with E-state index in [4.69, 9.17) is 0 Å². The molecule has 7 heteroatoms. The lowest BCUT2D eigenvalue weighted by Crippen LogP contribution is -2.50. The number of urea groups is 1.